The molecule has 4 nitrogen and oxygen atoms in total. The van der Waals surface area contributed by atoms with Gasteiger partial charge >= 0.3 is 6.03 Å². The molecule has 1 N–H and O–H groups in total. The van der Waals surface area contributed by atoms with E-state index in [9.17, 15) is 9.90 Å². The molecule has 0 saturated heterocycles. The minimum atomic E-state index is -0.156. The summed E-state index contributed by atoms with van der Waals surface area (Å²) in [6.07, 6.45) is 0.731. The molecule has 1 aromatic carbocycles. The van der Waals surface area contributed by atoms with E-state index < -0.39 is 0 Å². The standard InChI is InChI=1S/C18H28N2O2S/c1-14(2)15(3)19(12-13-21)18(22)20(16(4)23)11-10-17-8-6-5-7-9-17/h5-9,14-15,21,23H,4,10-13H2,1-3H3/t15-/m1/s1. The molecule has 0 saturated carbocycles. The molecule has 1 rings (SSSR count). The first-order valence-electron chi connectivity index (χ1n) is 7.99. The molecule has 23 heavy (non-hydrogen) atoms. The van der Waals surface area contributed by atoms with Crippen molar-refractivity contribution in [3.63, 3.8) is 0 Å². The van der Waals surface area contributed by atoms with Gasteiger partial charge < -0.3 is 10.0 Å². The first-order valence-corrected chi connectivity index (χ1v) is 8.44. The summed E-state index contributed by atoms with van der Waals surface area (Å²) in [4.78, 5) is 16.1. The molecule has 0 bridgehead atoms. The summed E-state index contributed by atoms with van der Waals surface area (Å²) in [6.45, 7) is 10.7. The van der Waals surface area contributed by atoms with Crippen LogP contribution in [0.1, 0.15) is 26.3 Å². The molecule has 0 radical (unpaired) electrons. The van der Waals surface area contributed by atoms with Crippen molar-refractivity contribution in [3.05, 3.63) is 47.5 Å². The fraction of sp³-hybridized carbons (Fsp3) is 0.500. The van der Waals surface area contributed by atoms with Gasteiger partial charge in [-0.15, -0.1) is 12.6 Å². The quantitative estimate of drug-likeness (QED) is 0.715. The topological polar surface area (TPSA) is 43.8 Å². The maximum Gasteiger partial charge on any atom is 0.325 e. The highest BCUT2D eigenvalue weighted by Crippen LogP contribution is 2.17. The molecular formula is C18H28N2O2S. The number of urea groups is 1. The molecule has 0 unspecified atom stereocenters. The van der Waals surface area contributed by atoms with Gasteiger partial charge in [-0.2, -0.15) is 0 Å². The molecule has 128 valence electrons. The van der Waals surface area contributed by atoms with Crippen molar-refractivity contribution < 1.29 is 9.90 Å². The van der Waals surface area contributed by atoms with Crippen LogP contribution in [0.4, 0.5) is 4.79 Å². The summed E-state index contributed by atoms with van der Waals surface area (Å²) in [6, 6.07) is 9.87. The minimum Gasteiger partial charge on any atom is -0.395 e. The van der Waals surface area contributed by atoms with Gasteiger partial charge in [-0.1, -0.05) is 50.8 Å². The van der Waals surface area contributed by atoms with Gasteiger partial charge in [-0.25, -0.2) is 4.79 Å². The third-order valence-electron chi connectivity index (χ3n) is 4.05. The average molecular weight is 337 g/mol. The maximum absolute atomic E-state index is 12.9. The third kappa shape index (κ3) is 5.92. The van der Waals surface area contributed by atoms with Crippen molar-refractivity contribution >= 4 is 18.7 Å². The Balaban J connectivity index is 2.84. The number of thiol groups is 1. The van der Waals surface area contributed by atoms with Crippen molar-refractivity contribution in [1.29, 1.82) is 0 Å². The average Bonchev–Trinajstić information content (AvgIpc) is 2.52. The second-order valence-corrected chi connectivity index (χ2v) is 6.50. The maximum atomic E-state index is 12.9. The SMILES string of the molecule is C=C(S)N(CCc1ccccc1)C(=O)N(CCO)[C@H](C)C(C)C. The van der Waals surface area contributed by atoms with Crippen LogP contribution in [0.3, 0.4) is 0 Å². The number of rotatable bonds is 8. The number of aliphatic hydroxyl groups excluding tert-OH is 1. The van der Waals surface area contributed by atoms with Gasteiger partial charge in [-0.05, 0) is 24.8 Å². The van der Waals surface area contributed by atoms with E-state index in [2.05, 4.69) is 33.1 Å². The zero-order valence-corrected chi connectivity index (χ0v) is 15.2. The lowest BCUT2D eigenvalue weighted by Crippen LogP contribution is -2.49. The molecule has 0 aliphatic carbocycles. The van der Waals surface area contributed by atoms with Gasteiger partial charge in [0, 0.05) is 19.1 Å². The molecule has 1 aromatic rings. The van der Waals surface area contributed by atoms with Crippen molar-refractivity contribution in [2.24, 2.45) is 5.92 Å². The number of aliphatic hydroxyl groups is 1. The van der Waals surface area contributed by atoms with Gasteiger partial charge in [0.15, 0.2) is 0 Å². The van der Waals surface area contributed by atoms with E-state index in [0.717, 1.165) is 12.0 Å². The van der Waals surface area contributed by atoms with E-state index >= 15 is 0 Å². The molecule has 0 fully saturated rings. The molecule has 0 heterocycles. The number of hydrogen-bond acceptors (Lipinski definition) is 3. The smallest absolute Gasteiger partial charge is 0.325 e. The highest BCUT2D eigenvalue weighted by atomic mass is 32.1. The Bertz CT molecular complexity index is 505. The highest BCUT2D eigenvalue weighted by Gasteiger charge is 2.27. The van der Waals surface area contributed by atoms with E-state index in [4.69, 9.17) is 0 Å². The van der Waals surface area contributed by atoms with E-state index in [1.807, 2.05) is 37.3 Å². The summed E-state index contributed by atoms with van der Waals surface area (Å²) in [5.41, 5.74) is 1.16. The lowest BCUT2D eigenvalue weighted by molar-refractivity contribution is 0.119. The van der Waals surface area contributed by atoms with Crippen LogP contribution in [0.25, 0.3) is 0 Å². The van der Waals surface area contributed by atoms with E-state index in [1.54, 1.807) is 9.80 Å². The van der Waals surface area contributed by atoms with Gasteiger partial charge in [0.1, 0.15) is 0 Å². The number of amides is 2. The molecule has 5 heteroatoms. The van der Waals surface area contributed by atoms with Gasteiger partial charge in [0.25, 0.3) is 0 Å². The Morgan fingerprint density at radius 2 is 1.83 bits per heavy atom. The van der Waals surface area contributed by atoms with Crippen LogP contribution in [0.5, 0.6) is 0 Å². The Kier molecular flexibility index (Phi) is 8.20. The first kappa shape index (κ1) is 19.6. The summed E-state index contributed by atoms with van der Waals surface area (Å²) in [5, 5.41) is 9.71. The van der Waals surface area contributed by atoms with E-state index in [1.165, 1.54) is 0 Å². The Morgan fingerprint density at radius 3 is 2.30 bits per heavy atom. The van der Waals surface area contributed by atoms with Crippen LogP contribution >= 0.6 is 12.6 Å². The van der Waals surface area contributed by atoms with Gasteiger partial charge in [0.05, 0.1) is 11.6 Å². The number of hydrogen-bond donors (Lipinski definition) is 2. The van der Waals surface area contributed by atoms with Gasteiger partial charge in [0.2, 0.25) is 0 Å². The van der Waals surface area contributed by atoms with Crippen molar-refractivity contribution in [1.82, 2.24) is 9.80 Å². The van der Waals surface area contributed by atoms with Crippen molar-refractivity contribution in [2.75, 3.05) is 19.7 Å². The minimum absolute atomic E-state index is 0.0292. The molecule has 0 aromatic heterocycles. The number of benzene rings is 1. The summed E-state index contributed by atoms with van der Waals surface area (Å²) in [7, 11) is 0. The summed E-state index contributed by atoms with van der Waals surface area (Å²) in [5.74, 6) is 0.301. The lowest BCUT2D eigenvalue weighted by atomic mass is 10.1. The zero-order chi connectivity index (χ0) is 17.4. The van der Waals surface area contributed by atoms with Crippen LogP contribution in [0, 0.1) is 5.92 Å². The Hall–Kier alpha value is -1.46. The molecule has 0 spiro atoms. The largest absolute Gasteiger partial charge is 0.395 e. The number of carbonyl (C=O) groups excluding carboxylic acids is 1. The predicted molar refractivity (Wildman–Crippen MR) is 98.5 cm³/mol. The number of nitrogens with zero attached hydrogens (tertiary/aromatic N) is 2. The summed E-state index contributed by atoms with van der Waals surface area (Å²) >= 11 is 4.28. The summed E-state index contributed by atoms with van der Waals surface area (Å²) < 4.78 is 0. The fourth-order valence-electron chi connectivity index (χ4n) is 2.32. The normalized spacial score (nSPS) is 12.1. The first-order chi connectivity index (χ1) is 10.9. The molecule has 1 atom stereocenters. The Labute approximate surface area is 145 Å². The van der Waals surface area contributed by atoms with Crippen LogP contribution in [0.2, 0.25) is 0 Å². The predicted octanol–water partition coefficient (Wildman–Crippen LogP) is 3.39. The van der Waals surface area contributed by atoms with Crippen LogP contribution in [-0.2, 0) is 6.42 Å². The van der Waals surface area contributed by atoms with Gasteiger partial charge in [-0.3, -0.25) is 4.90 Å². The second kappa shape index (κ2) is 9.63. The second-order valence-electron chi connectivity index (χ2n) is 5.99. The lowest BCUT2D eigenvalue weighted by Gasteiger charge is -2.36. The molecule has 0 aliphatic rings. The molecule has 0 aliphatic heterocycles. The monoisotopic (exact) mass is 336 g/mol. The Morgan fingerprint density at radius 1 is 1.22 bits per heavy atom. The fourth-order valence-corrected chi connectivity index (χ4v) is 2.50. The van der Waals surface area contributed by atoms with Crippen LogP contribution in [-0.4, -0.2) is 46.7 Å². The van der Waals surface area contributed by atoms with Crippen LogP contribution in [0.15, 0.2) is 41.9 Å². The molecular weight excluding hydrogens is 308 g/mol. The van der Waals surface area contributed by atoms with Crippen molar-refractivity contribution in [3.8, 4) is 0 Å². The van der Waals surface area contributed by atoms with Crippen LogP contribution < -0.4 is 0 Å². The number of carbonyl (C=O) groups is 1. The van der Waals surface area contributed by atoms with Crippen molar-refractivity contribution in [2.45, 2.75) is 33.2 Å². The molecule has 2 amide bonds. The zero-order valence-electron chi connectivity index (χ0n) is 14.3. The van der Waals surface area contributed by atoms with E-state index in [-0.39, 0.29) is 18.7 Å². The highest BCUT2D eigenvalue weighted by molar-refractivity contribution is 7.84. The van der Waals surface area contributed by atoms with E-state index in [0.29, 0.717) is 24.0 Å². The third-order valence-corrected chi connectivity index (χ3v) is 4.29.